The molecule has 0 aromatic heterocycles. The molecule has 1 fully saturated rings. The molecule has 0 aromatic carbocycles. The van der Waals surface area contributed by atoms with Crippen LogP contribution in [0.5, 0.6) is 0 Å². The number of nitrogens with one attached hydrogen (secondary N) is 1. The minimum absolute atomic E-state index is 0.807. The maximum absolute atomic E-state index is 3.39. The zero-order chi connectivity index (χ0) is 8.10. The van der Waals surface area contributed by atoms with E-state index >= 15 is 0 Å². The summed E-state index contributed by atoms with van der Waals surface area (Å²) in [5, 5.41) is 3.39. The van der Waals surface area contributed by atoms with E-state index in [9.17, 15) is 0 Å². The van der Waals surface area contributed by atoms with E-state index in [0.29, 0.717) is 0 Å². The molecule has 1 rings (SSSR count). The molecule has 0 amide bonds. The van der Waals surface area contributed by atoms with E-state index in [-0.39, 0.29) is 0 Å². The molecule has 0 saturated carbocycles. The van der Waals surface area contributed by atoms with Gasteiger partial charge in [0.2, 0.25) is 0 Å². The molecule has 1 N–H and O–H groups in total. The van der Waals surface area contributed by atoms with Crippen molar-refractivity contribution in [3.05, 3.63) is 0 Å². The molecule has 2 nitrogen and oxygen atoms in total. The Bertz CT molecular complexity index is 97.7. The first-order chi connectivity index (χ1) is 5.34. The average molecular weight is 156 g/mol. The van der Waals surface area contributed by atoms with Gasteiger partial charge in [-0.25, -0.2) is 0 Å². The second-order valence-corrected chi connectivity index (χ2v) is 3.48. The first kappa shape index (κ1) is 9.01. The molecule has 1 heterocycles. The van der Waals surface area contributed by atoms with Gasteiger partial charge in [-0.05, 0) is 33.0 Å². The van der Waals surface area contributed by atoms with Gasteiger partial charge in [0, 0.05) is 12.6 Å². The van der Waals surface area contributed by atoms with Crippen LogP contribution < -0.4 is 5.32 Å². The van der Waals surface area contributed by atoms with Gasteiger partial charge in [-0.1, -0.05) is 13.3 Å². The Morgan fingerprint density at radius 3 is 2.91 bits per heavy atom. The van der Waals surface area contributed by atoms with Crippen molar-refractivity contribution in [2.75, 3.05) is 26.7 Å². The summed E-state index contributed by atoms with van der Waals surface area (Å²) in [5.74, 6) is 0. The van der Waals surface area contributed by atoms with Crippen molar-refractivity contribution in [3.63, 3.8) is 0 Å². The normalized spacial score (nSPS) is 24.8. The van der Waals surface area contributed by atoms with Crippen LogP contribution in [0.15, 0.2) is 0 Å². The minimum Gasteiger partial charge on any atom is -0.315 e. The Balaban J connectivity index is 2.12. The summed E-state index contributed by atoms with van der Waals surface area (Å²) in [4.78, 5) is 2.49. The van der Waals surface area contributed by atoms with Crippen LogP contribution in [-0.2, 0) is 0 Å². The van der Waals surface area contributed by atoms with Crippen LogP contribution in [0, 0.1) is 0 Å². The Labute approximate surface area is 70.0 Å². The predicted molar refractivity (Wildman–Crippen MR) is 48.8 cm³/mol. The van der Waals surface area contributed by atoms with Crippen molar-refractivity contribution in [2.45, 2.75) is 32.2 Å². The molecule has 1 aliphatic rings. The molecule has 11 heavy (non-hydrogen) atoms. The second kappa shape index (κ2) is 4.73. The van der Waals surface area contributed by atoms with Crippen LogP contribution in [0.2, 0.25) is 0 Å². The molecular weight excluding hydrogens is 136 g/mol. The SMILES string of the molecule is CCCCN(C)[C@@H]1CCNC1. The van der Waals surface area contributed by atoms with Gasteiger partial charge in [0.25, 0.3) is 0 Å². The van der Waals surface area contributed by atoms with Gasteiger partial charge in [0.1, 0.15) is 0 Å². The molecule has 0 spiro atoms. The third-order valence-electron chi connectivity index (χ3n) is 2.52. The third kappa shape index (κ3) is 2.80. The van der Waals surface area contributed by atoms with Gasteiger partial charge in [0.15, 0.2) is 0 Å². The molecule has 1 saturated heterocycles. The first-order valence-electron chi connectivity index (χ1n) is 4.75. The molecule has 0 bridgehead atoms. The molecule has 0 unspecified atom stereocenters. The van der Waals surface area contributed by atoms with Gasteiger partial charge in [-0.15, -0.1) is 0 Å². The number of unbranched alkanes of at least 4 members (excludes halogenated alkanes) is 1. The highest BCUT2D eigenvalue weighted by Gasteiger charge is 2.17. The highest BCUT2D eigenvalue weighted by atomic mass is 15.2. The van der Waals surface area contributed by atoms with Crippen molar-refractivity contribution < 1.29 is 0 Å². The van der Waals surface area contributed by atoms with Crippen molar-refractivity contribution >= 4 is 0 Å². The van der Waals surface area contributed by atoms with Gasteiger partial charge < -0.3 is 10.2 Å². The lowest BCUT2D eigenvalue weighted by Gasteiger charge is -2.22. The Morgan fingerprint density at radius 2 is 2.36 bits per heavy atom. The van der Waals surface area contributed by atoms with Crippen molar-refractivity contribution in [1.29, 1.82) is 0 Å². The van der Waals surface area contributed by atoms with Crippen LogP contribution in [0.4, 0.5) is 0 Å². The van der Waals surface area contributed by atoms with Gasteiger partial charge in [0.05, 0.1) is 0 Å². The monoisotopic (exact) mass is 156 g/mol. The molecule has 66 valence electrons. The number of nitrogens with zero attached hydrogens (tertiary/aromatic N) is 1. The molecular formula is C9H20N2. The lowest BCUT2D eigenvalue weighted by Crippen LogP contribution is -2.33. The van der Waals surface area contributed by atoms with Crippen LogP contribution >= 0.6 is 0 Å². The Hall–Kier alpha value is -0.0800. The highest BCUT2D eigenvalue weighted by Crippen LogP contribution is 2.06. The molecule has 1 aliphatic heterocycles. The molecule has 0 aliphatic carbocycles. The number of hydrogen-bond donors (Lipinski definition) is 1. The van der Waals surface area contributed by atoms with Crippen molar-refractivity contribution in [2.24, 2.45) is 0 Å². The summed E-state index contributed by atoms with van der Waals surface area (Å²) in [7, 11) is 2.24. The van der Waals surface area contributed by atoms with Crippen LogP contribution in [0.3, 0.4) is 0 Å². The van der Waals surface area contributed by atoms with Crippen LogP contribution in [0.1, 0.15) is 26.2 Å². The molecule has 0 aromatic rings. The van der Waals surface area contributed by atoms with E-state index in [1.165, 1.54) is 38.9 Å². The zero-order valence-corrected chi connectivity index (χ0v) is 7.77. The lowest BCUT2D eigenvalue weighted by molar-refractivity contribution is 0.253. The third-order valence-corrected chi connectivity index (χ3v) is 2.52. The van der Waals surface area contributed by atoms with E-state index in [0.717, 1.165) is 6.04 Å². The lowest BCUT2D eigenvalue weighted by atomic mass is 10.2. The molecule has 1 atom stereocenters. The van der Waals surface area contributed by atoms with Gasteiger partial charge >= 0.3 is 0 Å². The molecule has 0 radical (unpaired) electrons. The highest BCUT2D eigenvalue weighted by molar-refractivity contribution is 4.78. The quantitative estimate of drug-likeness (QED) is 0.655. The Kier molecular flexibility index (Phi) is 3.87. The maximum atomic E-state index is 3.39. The minimum atomic E-state index is 0.807. The van der Waals surface area contributed by atoms with E-state index < -0.39 is 0 Å². The fraction of sp³-hybridized carbons (Fsp3) is 1.00. The summed E-state index contributed by atoms with van der Waals surface area (Å²) in [6.07, 6.45) is 3.98. The maximum Gasteiger partial charge on any atom is 0.0229 e. The van der Waals surface area contributed by atoms with E-state index in [1.54, 1.807) is 0 Å². The van der Waals surface area contributed by atoms with E-state index in [4.69, 9.17) is 0 Å². The fourth-order valence-electron chi connectivity index (χ4n) is 1.61. The first-order valence-corrected chi connectivity index (χ1v) is 4.75. The fourth-order valence-corrected chi connectivity index (χ4v) is 1.61. The summed E-state index contributed by atoms with van der Waals surface area (Å²) in [6, 6.07) is 0.807. The number of hydrogen-bond acceptors (Lipinski definition) is 2. The summed E-state index contributed by atoms with van der Waals surface area (Å²) < 4.78 is 0. The van der Waals surface area contributed by atoms with E-state index in [2.05, 4.69) is 24.2 Å². The summed E-state index contributed by atoms with van der Waals surface area (Å²) >= 11 is 0. The van der Waals surface area contributed by atoms with Crippen molar-refractivity contribution in [1.82, 2.24) is 10.2 Å². The topological polar surface area (TPSA) is 15.3 Å². The smallest absolute Gasteiger partial charge is 0.0229 e. The standard InChI is InChI=1S/C9H20N2/c1-3-4-7-11(2)9-5-6-10-8-9/h9-10H,3-8H2,1-2H3/t9-/m1/s1. The summed E-state index contributed by atoms with van der Waals surface area (Å²) in [5.41, 5.74) is 0. The van der Waals surface area contributed by atoms with Crippen LogP contribution in [-0.4, -0.2) is 37.6 Å². The summed E-state index contributed by atoms with van der Waals surface area (Å²) in [6.45, 7) is 5.92. The van der Waals surface area contributed by atoms with E-state index in [1.807, 2.05) is 0 Å². The average Bonchev–Trinajstić information content (AvgIpc) is 2.52. The van der Waals surface area contributed by atoms with Crippen molar-refractivity contribution in [3.8, 4) is 0 Å². The predicted octanol–water partition coefficient (Wildman–Crippen LogP) is 1.08. The zero-order valence-electron chi connectivity index (χ0n) is 7.77. The van der Waals surface area contributed by atoms with Gasteiger partial charge in [-0.3, -0.25) is 0 Å². The van der Waals surface area contributed by atoms with Crippen LogP contribution in [0.25, 0.3) is 0 Å². The molecule has 2 heteroatoms. The Morgan fingerprint density at radius 1 is 1.55 bits per heavy atom. The largest absolute Gasteiger partial charge is 0.315 e. The number of rotatable bonds is 4. The van der Waals surface area contributed by atoms with Gasteiger partial charge in [-0.2, -0.15) is 0 Å². The number of likely N-dealkylation sites (N-methyl/N-ethyl adjacent to an activating group) is 1. The second-order valence-electron chi connectivity index (χ2n) is 3.48.